The molecule has 2 aromatic rings. The Morgan fingerprint density at radius 1 is 1.19 bits per heavy atom. The van der Waals surface area contributed by atoms with E-state index in [1.165, 1.54) is 6.20 Å². The molecule has 1 aromatic heterocycles. The third-order valence-corrected chi connectivity index (χ3v) is 5.44. The van der Waals surface area contributed by atoms with E-state index in [-0.39, 0.29) is 18.1 Å². The van der Waals surface area contributed by atoms with Crippen molar-refractivity contribution in [1.82, 2.24) is 25.1 Å². The summed E-state index contributed by atoms with van der Waals surface area (Å²) in [5.41, 5.74) is -1.71. The van der Waals surface area contributed by atoms with Gasteiger partial charge in [0.1, 0.15) is 6.61 Å². The summed E-state index contributed by atoms with van der Waals surface area (Å²) in [7, 11) is -4.48. The fourth-order valence-electron chi connectivity index (χ4n) is 2.73. The number of carboxylic acid groups (broad SMARTS) is 1. The molecule has 1 aromatic carbocycles. The van der Waals surface area contributed by atoms with Crippen LogP contribution in [0.3, 0.4) is 0 Å². The molecule has 3 amide bonds. The van der Waals surface area contributed by atoms with Crippen molar-refractivity contribution in [2.24, 2.45) is 0 Å². The normalized spacial score (nSPS) is 17.6. The van der Waals surface area contributed by atoms with Gasteiger partial charge in [0, 0.05) is 18.0 Å². The molecule has 0 radical (unpaired) electrons. The predicted octanol–water partition coefficient (Wildman–Crippen LogP) is -1.46. The van der Waals surface area contributed by atoms with E-state index in [1.54, 1.807) is 10.0 Å². The first kappa shape index (κ1) is 22.8. The number of benzene rings is 1. The lowest BCUT2D eigenvalue weighted by atomic mass is 9.90. The summed E-state index contributed by atoms with van der Waals surface area (Å²) in [5.74, 6) is -2.32. The zero-order valence-corrected chi connectivity index (χ0v) is 17.2. The molecule has 0 spiro atoms. The third-order valence-electron chi connectivity index (χ3n) is 4.46. The van der Waals surface area contributed by atoms with Gasteiger partial charge in [-0.2, -0.15) is 13.1 Å². The SMILES string of the molecule is O=C(O)NC1(C(=O)NS(=O)(=O)NCc2cc(=O)c(OCc3ccccc3)c[nH]2)CNC1=O. The van der Waals surface area contributed by atoms with Crippen LogP contribution in [-0.2, 0) is 33.0 Å². The second-order valence-corrected chi connectivity index (χ2v) is 8.23. The molecule has 13 nitrogen and oxygen atoms in total. The molecule has 0 bridgehead atoms. The van der Waals surface area contributed by atoms with Crippen LogP contribution in [0.1, 0.15) is 11.3 Å². The molecule has 14 heteroatoms. The molecular formula is C18H19N5O8S. The van der Waals surface area contributed by atoms with E-state index in [0.717, 1.165) is 11.6 Å². The lowest BCUT2D eigenvalue weighted by Gasteiger charge is -2.38. The summed E-state index contributed by atoms with van der Waals surface area (Å²) in [6.07, 6.45) is -0.398. The van der Waals surface area contributed by atoms with Gasteiger partial charge >= 0.3 is 16.3 Å². The van der Waals surface area contributed by atoms with E-state index >= 15 is 0 Å². The van der Waals surface area contributed by atoms with Crippen molar-refractivity contribution >= 4 is 28.1 Å². The maximum absolute atomic E-state index is 12.2. The number of hydrogen-bond acceptors (Lipinski definition) is 7. The van der Waals surface area contributed by atoms with Gasteiger partial charge in [-0.05, 0) is 5.56 Å². The van der Waals surface area contributed by atoms with Crippen molar-refractivity contribution < 1.29 is 32.6 Å². The number of aromatic amines is 1. The van der Waals surface area contributed by atoms with Crippen LogP contribution in [0.25, 0.3) is 0 Å². The summed E-state index contributed by atoms with van der Waals surface area (Å²) < 4.78 is 33.3. The van der Waals surface area contributed by atoms with Crippen LogP contribution < -0.4 is 30.2 Å². The molecule has 0 aliphatic carbocycles. The van der Waals surface area contributed by atoms with Crippen LogP contribution in [-0.4, -0.2) is 48.5 Å². The number of aromatic nitrogens is 1. The van der Waals surface area contributed by atoms with Crippen LogP contribution in [0.2, 0.25) is 0 Å². The van der Waals surface area contributed by atoms with E-state index in [2.05, 4.69) is 10.3 Å². The van der Waals surface area contributed by atoms with Gasteiger partial charge < -0.3 is 20.1 Å². The number of rotatable bonds is 9. The third kappa shape index (κ3) is 5.22. The lowest BCUT2D eigenvalue weighted by molar-refractivity contribution is -0.144. The van der Waals surface area contributed by atoms with Gasteiger partial charge in [-0.3, -0.25) is 19.7 Å². The van der Waals surface area contributed by atoms with Gasteiger partial charge in [-0.1, -0.05) is 30.3 Å². The molecule has 3 rings (SSSR count). The van der Waals surface area contributed by atoms with Gasteiger partial charge in [0.2, 0.25) is 11.0 Å². The molecule has 1 atom stereocenters. The zero-order chi connectivity index (χ0) is 23.4. The van der Waals surface area contributed by atoms with Gasteiger partial charge in [0.05, 0.1) is 13.1 Å². The molecule has 0 saturated carbocycles. The highest BCUT2D eigenvalue weighted by molar-refractivity contribution is 7.88. The largest absolute Gasteiger partial charge is 0.483 e. The van der Waals surface area contributed by atoms with Gasteiger partial charge in [-0.25, -0.2) is 9.52 Å². The number of pyridine rings is 1. The molecule has 2 heterocycles. The lowest BCUT2D eigenvalue weighted by Crippen LogP contribution is -2.79. The second kappa shape index (κ2) is 9.07. The number of β-lactam (4-membered cyclic amide) rings is 1. The van der Waals surface area contributed by atoms with Crippen LogP contribution in [0.4, 0.5) is 4.79 Å². The number of ether oxygens (including phenoxy) is 1. The highest BCUT2D eigenvalue weighted by Crippen LogP contribution is 2.14. The van der Waals surface area contributed by atoms with Crippen molar-refractivity contribution in [3.8, 4) is 5.75 Å². The van der Waals surface area contributed by atoms with Crippen LogP contribution >= 0.6 is 0 Å². The highest BCUT2D eigenvalue weighted by Gasteiger charge is 2.55. The number of nitrogens with one attached hydrogen (secondary N) is 5. The van der Waals surface area contributed by atoms with Crippen molar-refractivity contribution in [2.45, 2.75) is 18.7 Å². The second-order valence-electron chi connectivity index (χ2n) is 6.73. The minimum absolute atomic E-state index is 0.0337. The Kier molecular flexibility index (Phi) is 6.45. The molecule has 1 aliphatic rings. The number of carbonyl (C=O) groups is 3. The smallest absolute Gasteiger partial charge is 0.405 e. The molecular weight excluding hydrogens is 446 g/mol. The van der Waals surface area contributed by atoms with Crippen molar-refractivity contribution in [2.75, 3.05) is 6.54 Å². The van der Waals surface area contributed by atoms with Crippen LogP contribution in [0, 0.1) is 0 Å². The fraction of sp³-hybridized carbons (Fsp3) is 0.222. The molecule has 170 valence electrons. The number of carbonyl (C=O) groups excluding carboxylic acids is 2. The summed E-state index contributed by atoms with van der Waals surface area (Å²) in [6, 6.07) is 10.3. The summed E-state index contributed by atoms with van der Waals surface area (Å²) in [4.78, 5) is 49.6. The zero-order valence-electron chi connectivity index (χ0n) is 16.4. The predicted molar refractivity (Wildman–Crippen MR) is 109 cm³/mol. The Bertz CT molecular complexity index is 1200. The number of amides is 3. The topological polar surface area (TPSA) is 196 Å². The van der Waals surface area contributed by atoms with Crippen molar-refractivity contribution in [3.63, 3.8) is 0 Å². The molecule has 1 fully saturated rings. The summed E-state index contributed by atoms with van der Waals surface area (Å²) >= 11 is 0. The molecule has 1 unspecified atom stereocenters. The first-order valence-corrected chi connectivity index (χ1v) is 10.6. The molecule has 1 aliphatic heterocycles. The molecule has 1 saturated heterocycles. The Hall–Kier alpha value is -3.91. The highest BCUT2D eigenvalue weighted by atomic mass is 32.2. The van der Waals surface area contributed by atoms with Gasteiger partial charge in [0.15, 0.2) is 5.75 Å². The summed E-state index contributed by atoms with van der Waals surface area (Å²) in [6.45, 7) is -0.638. The molecule has 32 heavy (non-hydrogen) atoms. The van der Waals surface area contributed by atoms with E-state index in [1.807, 2.05) is 35.1 Å². The maximum Gasteiger partial charge on any atom is 0.405 e. The van der Waals surface area contributed by atoms with Crippen LogP contribution in [0.15, 0.2) is 47.4 Å². The van der Waals surface area contributed by atoms with E-state index < -0.39 is 52.2 Å². The van der Waals surface area contributed by atoms with Gasteiger partial charge in [-0.15, -0.1) is 0 Å². The first-order chi connectivity index (χ1) is 15.1. The van der Waals surface area contributed by atoms with E-state index in [9.17, 15) is 27.6 Å². The standard InChI is InChI=1S/C18H19N5O8S/c24-13-6-12(19-8-14(13)31-9-11-4-2-1-3-5-11)7-21-32(29,30)23-16(26)18(22-17(27)28)10-20-15(18)25/h1-6,8,21-22H,7,9-10H2,(H,19,24)(H,20,25)(H,23,26)(H,27,28). The fourth-order valence-corrected chi connectivity index (χ4v) is 3.57. The minimum atomic E-state index is -4.48. The van der Waals surface area contributed by atoms with E-state index in [0.29, 0.717) is 0 Å². The minimum Gasteiger partial charge on any atom is -0.483 e. The average molecular weight is 465 g/mol. The molecule has 6 N–H and O–H groups in total. The van der Waals surface area contributed by atoms with E-state index in [4.69, 9.17) is 9.84 Å². The maximum atomic E-state index is 12.2. The first-order valence-electron chi connectivity index (χ1n) is 9.11. The summed E-state index contributed by atoms with van der Waals surface area (Å²) in [5, 5.41) is 12.7. The number of hydrogen-bond donors (Lipinski definition) is 6. The average Bonchev–Trinajstić information content (AvgIpc) is 2.74. The van der Waals surface area contributed by atoms with Crippen molar-refractivity contribution in [3.05, 3.63) is 64.1 Å². The number of H-pyrrole nitrogens is 1. The Morgan fingerprint density at radius 2 is 1.91 bits per heavy atom. The van der Waals surface area contributed by atoms with Crippen molar-refractivity contribution in [1.29, 1.82) is 0 Å². The quantitative estimate of drug-likeness (QED) is 0.191. The van der Waals surface area contributed by atoms with Crippen LogP contribution in [0.5, 0.6) is 5.75 Å². The monoisotopic (exact) mass is 465 g/mol. The Balaban J connectivity index is 1.58. The Morgan fingerprint density at radius 3 is 2.47 bits per heavy atom. The Labute approximate surface area is 181 Å². The van der Waals surface area contributed by atoms with Gasteiger partial charge in [0.25, 0.3) is 11.8 Å².